The molecule has 1 saturated heterocycles. The fourth-order valence-corrected chi connectivity index (χ4v) is 4.11. The Morgan fingerprint density at radius 3 is 3.03 bits per heavy atom. The molecular weight excluding hydrogens is 380 g/mol. The predicted octanol–water partition coefficient (Wildman–Crippen LogP) is 3.45. The number of ether oxygens (including phenoxy) is 2. The van der Waals surface area contributed by atoms with Crippen LogP contribution in [-0.2, 0) is 16.1 Å². The number of amides is 1. The molecule has 158 valence electrons. The zero-order valence-electron chi connectivity index (χ0n) is 17.6. The Balaban J connectivity index is 1.52. The Labute approximate surface area is 176 Å². The highest BCUT2D eigenvalue weighted by atomic mass is 16.5. The van der Waals surface area contributed by atoms with Gasteiger partial charge in [0, 0.05) is 55.0 Å². The van der Waals surface area contributed by atoms with Gasteiger partial charge >= 0.3 is 0 Å². The van der Waals surface area contributed by atoms with E-state index < -0.39 is 0 Å². The van der Waals surface area contributed by atoms with Gasteiger partial charge in [0.25, 0.3) is 5.91 Å². The molecule has 1 aliphatic rings. The van der Waals surface area contributed by atoms with Crippen LogP contribution in [0.25, 0.3) is 10.9 Å². The van der Waals surface area contributed by atoms with Gasteiger partial charge in [0.05, 0.1) is 31.1 Å². The van der Waals surface area contributed by atoms with Crippen LogP contribution in [0.5, 0.6) is 0 Å². The highest BCUT2D eigenvalue weighted by molar-refractivity contribution is 6.06. The number of aromatic amines is 1. The number of fused-ring (bicyclic) bond motifs is 1. The molecule has 1 N–H and O–H groups in total. The molecule has 0 bridgehead atoms. The van der Waals surface area contributed by atoms with E-state index in [0.717, 1.165) is 52.9 Å². The topological polar surface area (TPSA) is 80.3 Å². The van der Waals surface area contributed by atoms with E-state index in [2.05, 4.69) is 9.97 Å². The van der Waals surface area contributed by atoms with Crippen molar-refractivity contribution < 1.29 is 14.3 Å². The van der Waals surface area contributed by atoms with E-state index in [1.165, 1.54) is 0 Å². The van der Waals surface area contributed by atoms with Crippen molar-refractivity contribution >= 4 is 16.8 Å². The van der Waals surface area contributed by atoms with Crippen molar-refractivity contribution in [3.05, 3.63) is 59.3 Å². The Morgan fingerprint density at radius 2 is 2.17 bits per heavy atom. The van der Waals surface area contributed by atoms with Crippen molar-refractivity contribution in [2.45, 2.75) is 32.3 Å². The van der Waals surface area contributed by atoms with Gasteiger partial charge in [0.15, 0.2) is 0 Å². The molecule has 4 rings (SSSR count). The van der Waals surface area contributed by atoms with E-state index in [1.54, 1.807) is 7.11 Å². The van der Waals surface area contributed by atoms with Crippen LogP contribution in [0.4, 0.5) is 0 Å². The first-order chi connectivity index (χ1) is 14.7. The molecule has 3 aromatic rings. The molecule has 7 nitrogen and oxygen atoms in total. The third-order valence-electron chi connectivity index (χ3n) is 5.62. The lowest BCUT2D eigenvalue weighted by atomic mass is 9.91. The summed E-state index contributed by atoms with van der Waals surface area (Å²) in [5, 5.41) is 0.967. The first-order valence-corrected chi connectivity index (χ1v) is 10.4. The van der Waals surface area contributed by atoms with Crippen LogP contribution < -0.4 is 0 Å². The van der Waals surface area contributed by atoms with Crippen molar-refractivity contribution in [1.29, 1.82) is 0 Å². The molecule has 1 aliphatic heterocycles. The highest BCUT2D eigenvalue weighted by Gasteiger charge is 2.29. The number of likely N-dealkylation sites (tertiary alicyclic amines) is 1. The van der Waals surface area contributed by atoms with Gasteiger partial charge in [0.2, 0.25) is 0 Å². The molecule has 0 saturated carbocycles. The number of piperidine rings is 1. The number of hydrogen-bond acceptors (Lipinski definition) is 5. The third-order valence-corrected chi connectivity index (χ3v) is 5.62. The van der Waals surface area contributed by atoms with Crippen molar-refractivity contribution in [3.8, 4) is 0 Å². The maximum atomic E-state index is 13.3. The standard InChI is InChI=1S/C23H28N4O3/c1-16-24-12-18(15-30-11-10-29-2)22(26-16)17-6-5-9-27(14-17)23(28)20-13-25-21-8-4-3-7-19(20)21/h3-4,7-8,12-13,17,25H,5-6,9-11,14-15H2,1-2H3. The number of carbonyl (C=O) groups excluding carboxylic acids is 1. The molecule has 1 aromatic carbocycles. The maximum Gasteiger partial charge on any atom is 0.256 e. The molecule has 1 atom stereocenters. The average Bonchev–Trinajstić information content (AvgIpc) is 3.21. The van der Waals surface area contributed by atoms with E-state index in [-0.39, 0.29) is 11.8 Å². The number of carbonyl (C=O) groups is 1. The van der Waals surface area contributed by atoms with Crippen LogP contribution >= 0.6 is 0 Å². The normalized spacial score (nSPS) is 16.9. The van der Waals surface area contributed by atoms with E-state index in [4.69, 9.17) is 14.5 Å². The summed E-state index contributed by atoms with van der Waals surface area (Å²) < 4.78 is 10.8. The molecule has 1 amide bonds. The van der Waals surface area contributed by atoms with Crippen LogP contribution in [0, 0.1) is 6.92 Å². The van der Waals surface area contributed by atoms with Gasteiger partial charge in [-0.25, -0.2) is 9.97 Å². The molecule has 1 fully saturated rings. The highest BCUT2D eigenvalue weighted by Crippen LogP contribution is 2.30. The van der Waals surface area contributed by atoms with E-state index >= 15 is 0 Å². The van der Waals surface area contributed by atoms with Crippen LogP contribution in [-0.4, -0.2) is 59.2 Å². The minimum Gasteiger partial charge on any atom is -0.382 e. The minimum absolute atomic E-state index is 0.0702. The molecule has 0 spiro atoms. The monoisotopic (exact) mass is 408 g/mol. The third kappa shape index (κ3) is 4.37. The summed E-state index contributed by atoms with van der Waals surface area (Å²) in [5.74, 6) is 0.988. The lowest BCUT2D eigenvalue weighted by molar-refractivity contribution is 0.0602. The van der Waals surface area contributed by atoms with Gasteiger partial charge < -0.3 is 19.4 Å². The largest absolute Gasteiger partial charge is 0.382 e. The summed E-state index contributed by atoms with van der Waals surface area (Å²) in [7, 11) is 1.66. The second-order valence-electron chi connectivity index (χ2n) is 7.71. The van der Waals surface area contributed by atoms with Gasteiger partial charge in [-0.2, -0.15) is 0 Å². The van der Waals surface area contributed by atoms with Gasteiger partial charge in [-0.15, -0.1) is 0 Å². The first kappa shape index (κ1) is 20.5. The maximum absolute atomic E-state index is 13.3. The van der Waals surface area contributed by atoms with Crippen LogP contribution in [0.15, 0.2) is 36.7 Å². The number of H-pyrrole nitrogens is 1. The quantitative estimate of drug-likeness (QED) is 0.606. The Kier molecular flexibility index (Phi) is 6.40. The second-order valence-corrected chi connectivity index (χ2v) is 7.71. The minimum atomic E-state index is 0.0702. The smallest absolute Gasteiger partial charge is 0.256 e. The van der Waals surface area contributed by atoms with Crippen molar-refractivity contribution in [2.75, 3.05) is 33.4 Å². The fraction of sp³-hybridized carbons (Fsp3) is 0.435. The Hall–Kier alpha value is -2.77. The lowest BCUT2D eigenvalue weighted by Crippen LogP contribution is -2.39. The molecule has 1 unspecified atom stereocenters. The van der Waals surface area contributed by atoms with Gasteiger partial charge in [-0.1, -0.05) is 18.2 Å². The summed E-state index contributed by atoms with van der Waals surface area (Å²) in [5.41, 5.74) is 3.70. The van der Waals surface area contributed by atoms with E-state index in [1.807, 2.05) is 48.5 Å². The SMILES string of the molecule is COCCOCc1cnc(C)nc1C1CCCN(C(=O)c2c[nH]c3ccccc23)C1. The summed E-state index contributed by atoms with van der Waals surface area (Å²) in [6, 6.07) is 7.91. The summed E-state index contributed by atoms with van der Waals surface area (Å²) >= 11 is 0. The first-order valence-electron chi connectivity index (χ1n) is 10.4. The molecule has 3 heterocycles. The molecular formula is C23H28N4O3. The lowest BCUT2D eigenvalue weighted by Gasteiger charge is -2.33. The zero-order valence-corrected chi connectivity index (χ0v) is 17.6. The van der Waals surface area contributed by atoms with Crippen LogP contribution in [0.3, 0.4) is 0 Å². The number of rotatable bonds is 7. The van der Waals surface area contributed by atoms with E-state index in [0.29, 0.717) is 26.4 Å². The number of hydrogen-bond donors (Lipinski definition) is 1. The molecule has 0 aliphatic carbocycles. The average molecular weight is 409 g/mol. The number of aryl methyl sites for hydroxylation is 1. The number of aromatic nitrogens is 3. The van der Waals surface area contributed by atoms with Crippen LogP contribution in [0.2, 0.25) is 0 Å². The van der Waals surface area contributed by atoms with Crippen molar-refractivity contribution in [3.63, 3.8) is 0 Å². The van der Waals surface area contributed by atoms with Crippen molar-refractivity contribution in [1.82, 2.24) is 19.9 Å². The summed E-state index contributed by atoms with van der Waals surface area (Å²) in [6.45, 7) is 4.85. The van der Waals surface area contributed by atoms with Crippen LogP contribution in [0.1, 0.15) is 46.2 Å². The second kappa shape index (κ2) is 9.36. The summed E-state index contributed by atoms with van der Waals surface area (Å²) in [6.07, 6.45) is 5.62. The fourth-order valence-electron chi connectivity index (χ4n) is 4.11. The molecule has 7 heteroatoms. The Bertz CT molecular complexity index is 1020. The molecule has 0 radical (unpaired) electrons. The Morgan fingerprint density at radius 1 is 1.30 bits per heavy atom. The predicted molar refractivity (Wildman–Crippen MR) is 114 cm³/mol. The number of para-hydroxylation sites is 1. The van der Waals surface area contributed by atoms with Gasteiger partial charge in [-0.3, -0.25) is 4.79 Å². The number of benzene rings is 1. The van der Waals surface area contributed by atoms with Gasteiger partial charge in [-0.05, 0) is 25.8 Å². The number of methoxy groups -OCH3 is 1. The van der Waals surface area contributed by atoms with Gasteiger partial charge in [0.1, 0.15) is 5.82 Å². The zero-order chi connectivity index (χ0) is 20.9. The molecule has 2 aromatic heterocycles. The summed E-state index contributed by atoms with van der Waals surface area (Å²) in [4.78, 5) is 27.5. The number of nitrogens with one attached hydrogen (secondary N) is 1. The number of nitrogens with zero attached hydrogens (tertiary/aromatic N) is 3. The van der Waals surface area contributed by atoms with Crippen molar-refractivity contribution in [2.24, 2.45) is 0 Å². The van der Waals surface area contributed by atoms with E-state index in [9.17, 15) is 4.79 Å². The molecule has 30 heavy (non-hydrogen) atoms.